The molecule has 1 N–H and O–H groups in total. The molecule has 1 aliphatic heterocycles. The molecule has 1 heterocycles. The molecule has 26 heavy (non-hydrogen) atoms. The van der Waals surface area contributed by atoms with Gasteiger partial charge in [0.1, 0.15) is 0 Å². The number of carbonyl (C=O) groups excluding carboxylic acids is 2. The second-order valence-electron chi connectivity index (χ2n) is 6.00. The summed E-state index contributed by atoms with van der Waals surface area (Å²) in [7, 11) is 3.09. The molecule has 134 valence electrons. The highest BCUT2D eigenvalue weighted by Crippen LogP contribution is 2.38. The van der Waals surface area contributed by atoms with Crippen molar-refractivity contribution in [3.8, 4) is 11.5 Å². The van der Waals surface area contributed by atoms with Gasteiger partial charge in [-0.05, 0) is 36.8 Å². The van der Waals surface area contributed by atoms with E-state index in [0.717, 1.165) is 11.1 Å². The number of nitrogens with zero attached hydrogens (tertiary/aromatic N) is 1. The van der Waals surface area contributed by atoms with Crippen molar-refractivity contribution in [2.24, 2.45) is 4.99 Å². The lowest BCUT2D eigenvalue weighted by Gasteiger charge is -2.23. The number of anilines is 1. The van der Waals surface area contributed by atoms with Gasteiger partial charge >= 0.3 is 0 Å². The van der Waals surface area contributed by atoms with E-state index < -0.39 is 5.92 Å². The highest BCUT2D eigenvalue weighted by atomic mass is 16.5. The lowest BCUT2D eigenvalue weighted by molar-refractivity contribution is -0.123. The Labute approximate surface area is 151 Å². The molecule has 6 nitrogen and oxygen atoms in total. The number of hydrogen-bond donors (Lipinski definition) is 1. The van der Waals surface area contributed by atoms with Crippen LogP contribution in [0.4, 0.5) is 5.69 Å². The van der Waals surface area contributed by atoms with Crippen LogP contribution >= 0.6 is 0 Å². The molecule has 2 aromatic rings. The van der Waals surface area contributed by atoms with E-state index in [1.165, 1.54) is 7.11 Å². The zero-order valence-corrected chi connectivity index (χ0v) is 14.9. The number of hydrogen-bond acceptors (Lipinski definition) is 4. The van der Waals surface area contributed by atoms with Crippen LogP contribution < -0.4 is 14.8 Å². The van der Waals surface area contributed by atoms with Crippen molar-refractivity contribution in [2.45, 2.75) is 19.3 Å². The Balaban J connectivity index is 1.91. The van der Waals surface area contributed by atoms with Crippen molar-refractivity contribution in [2.75, 3.05) is 19.5 Å². The van der Waals surface area contributed by atoms with Gasteiger partial charge in [0, 0.05) is 23.4 Å². The number of aliphatic imine (C=N–C) groups is 1. The first-order chi connectivity index (χ1) is 12.5. The van der Waals surface area contributed by atoms with Gasteiger partial charge in [0.05, 0.1) is 20.1 Å². The molecule has 0 spiro atoms. The van der Waals surface area contributed by atoms with Crippen molar-refractivity contribution < 1.29 is 19.1 Å². The van der Waals surface area contributed by atoms with E-state index in [0.29, 0.717) is 22.9 Å². The van der Waals surface area contributed by atoms with Crippen molar-refractivity contribution >= 4 is 23.2 Å². The van der Waals surface area contributed by atoms with Crippen LogP contribution in [0.3, 0.4) is 0 Å². The minimum Gasteiger partial charge on any atom is -0.493 e. The van der Waals surface area contributed by atoms with E-state index in [4.69, 9.17) is 9.47 Å². The van der Waals surface area contributed by atoms with Gasteiger partial charge in [0.15, 0.2) is 11.5 Å². The number of amides is 2. The standard InChI is InChI=1S/C20H20N2O4/c1-12-14-9-17(25-2)18(26-3)10-15(14)16(20(24)21-12)11-19(23)22-13-7-5-4-6-8-13/h4-10,16H,11H2,1-3H3,(H,22,23)/t16-/m1/s1. The van der Waals surface area contributed by atoms with Crippen molar-refractivity contribution in [3.63, 3.8) is 0 Å². The molecule has 3 rings (SSSR count). The summed E-state index contributed by atoms with van der Waals surface area (Å²) >= 11 is 0. The molecule has 2 amide bonds. The summed E-state index contributed by atoms with van der Waals surface area (Å²) in [6, 6.07) is 12.7. The highest BCUT2D eigenvalue weighted by molar-refractivity contribution is 6.12. The maximum Gasteiger partial charge on any atom is 0.253 e. The number of carbonyl (C=O) groups is 2. The molecular formula is C20H20N2O4. The molecule has 0 aliphatic carbocycles. The van der Waals surface area contributed by atoms with Crippen LogP contribution in [0.15, 0.2) is 47.5 Å². The van der Waals surface area contributed by atoms with Gasteiger partial charge in [-0.3, -0.25) is 9.59 Å². The number of benzene rings is 2. The van der Waals surface area contributed by atoms with E-state index in [-0.39, 0.29) is 18.2 Å². The van der Waals surface area contributed by atoms with Gasteiger partial charge in [0.2, 0.25) is 5.91 Å². The third-order valence-corrected chi connectivity index (χ3v) is 4.34. The molecule has 1 atom stereocenters. The third-order valence-electron chi connectivity index (χ3n) is 4.34. The van der Waals surface area contributed by atoms with Crippen LogP contribution in [-0.4, -0.2) is 31.7 Å². The Morgan fingerprint density at radius 3 is 2.42 bits per heavy atom. The van der Waals surface area contributed by atoms with Gasteiger partial charge in [-0.15, -0.1) is 0 Å². The van der Waals surface area contributed by atoms with Crippen molar-refractivity contribution in [1.82, 2.24) is 0 Å². The lowest BCUT2D eigenvalue weighted by atomic mass is 9.86. The van der Waals surface area contributed by atoms with Gasteiger partial charge in [0.25, 0.3) is 5.91 Å². The Morgan fingerprint density at radius 2 is 1.77 bits per heavy atom. The largest absolute Gasteiger partial charge is 0.493 e. The molecule has 0 saturated carbocycles. The Morgan fingerprint density at radius 1 is 1.12 bits per heavy atom. The van der Waals surface area contributed by atoms with Crippen LogP contribution in [0.1, 0.15) is 30.4 Å². The topological polar surface area (TPSA) is 77.0 Å². The summed E-state index contributed by atoms with van der Waals surface area (Å²) < 4.78 is 10.7. The third kappa shape index (κ3) is 3.44. The molecule has 0 radical (unpaired) electrons. The summed E-state index contributed by atoms with van der Waals surface area (Å²) in [5, 5.41) is 2.81. The Kier molecular flexibility index (Phi) is 5.02. The summed E-state index contributed by atoms with van der Waals surface area (Å²) in [5.41, 5.74) is 2.81. The molecule has 0 bridgehead atoms. The van der Waals surface area contributed by atoms with E-state index in [1.807, 2.05) is 18.2 Å². The maximum absolute atomic E-state index is 12.5. The molecule has 0 fully saturated rings. The number of nitrogens with one attached hydrogen (secondary N) is 1. The van der Waals surface area contributed by atoms with Gasteiger partial charge in [-0.25, -0.2) is 4.99 Å². The van der Waals surface area contributed by atoms with Crippen molar-refractivity contribution in [3.05, 3.63) is 53.6 Å². The van der Waals surface area contributed by atoms with Crippen molar-refractivity contribution in [1.29, 1.82) is 0 Å². The first kappa shape index (κ1) is 17.7. The minimum atomic E-state index is -0.655. The van der Waals surface area contributed by atoms with E-state index >= 15 is 0 Å². The van der Waals surface area contributed by atoms with Crippen LogP contribution in [0.25, 0.3) is 0 Å². The minimum absolute atomic E-state index is 0.00694. The first-order valence-corrected chi connectivity index (χ1v) is 8.23. The summed E-state index contributed by atoms with van der Waals surface area (Å²) in [6.07, 6.45) is 0.00694. The van der Waals surface area contributed by atoms with Crippen LogP contribution in [-0.2, 0) is 9.59 Å². The second kappa shape index (κ2) is 7.39. The number of rotatable bonds is 5. The van der Waals surface area contributed by atoms with Gasteiger partial charge < -0.3 is 14.8 Å². The first-order valence-electron chi connectivity index (χ1n) is 8.23. The SMILES string of the molecule is COc1cc2c(cc1OC)[C@@H](CC(=O)Nc1ccccc1)C(=O)N=C2C. The number of methoxy groups -OCH3 is 2. The predicted octanol–water partition coefficient (Wildman–Crippen LogP) is 3.17. The average molecular weight is 352 g/mol. The molecule has 1 aliphatic rings. The molecule has 0 aromatic heterocycles. The average Bonchev–Trinajstić information content (AvgIpc) is 2.64. The Bertz CT molecular complexity index is 875. The fourth-order valence-corrected chi connectivity index (χ4v) is 3.05. The van der Waals surface area contributed by atoms with E-state index in [2.05, 4.69) is 10.3 Å². The maximum atomic E-state index is 12.5. The number of ether oxygens (including phenoxy) is 2. The summed E-state index contributed by atoms with van der Waals surface area (Å²) in [6.45, 7) is 1.77. The molecule has 6 heteroatoms. The summed E-state index contributed by atoms with van der Waals surface area (Å²) in [4.78, 5) is 29.0. The van der Waals surface area contributed by atoms with Crippen LogP contribution in [0.5, 0.6) is 11.5 Å². The fourth-order valence-electron chi connectivity index (χ4n) is 3.05. The molecule has 0 saturated heterocycles. The summed E-state index contributed by atoms with van der Waals surface area (Å²) in [5.74, 6) is -0.155. The van der Waals surface area contributed by atoms with E-state index in [1.54, 1.807) is 38.3 Å². The number of fused-ring (bicyclic) bond motifs is 1. The Hall–Kier alpha value is -3.15. The number of para-hydroxylation sites is 1. The van der Waals surface area contributed by atoms with Crippen LogP contribution in [0, 0.1) is 0 Å². The zero-order chi connectivity index (χ0) is 18.7. The lowest BCUT2D eigenvalue weighted by Crippen LogP contribution is -2.25. The van der Waals surface area contributed by atoms with Gasteiger partial charge in [-0.2, -0.15) is 0 Å². The van der Waals surface area contributed by atoms with Gasteiger partial charge in [-0.1, -0.05) is 18.2 Å². The zero-order valence-electron chi connectivity index (χ0n) is 14.9. The molecule has 0 unspecified atom stereocenters. The smallest absolute Gasteiger partial charge is 0.253 e. The molecule has 2 aromatic carbocycles. The highest BCUT2D eigenvalue weighted by Gasteiger charge is 2.31. The van der Waals surface area contributed by atoms with Crippen LogP contribution in [0.2, 0.25) is 0 Å². The second-order valence-corrected chi connectivity index (χ2v) is 6.00. The molecular weight excluding hydrogens is 332 g/mol. The van der Waals surface area contributed by atoms with E-state index in [9.17, 15) is 9.59 Å². The predicted molar refractivity (Wildman–Crippen MR) is 99.2 cm³/mol. The fraction of sp³-hybridized carbons (Fsp3) is 0.250. The normalized spacial score (nSPS) is 15.7. The monoisotopic (exact) mass is 352 g/mol. The quantitative estimate of drug-likeness (QED) is 0.897.